The van der Waals surface area contributed by atoms with Crippen LogP contribution in [-0.2, 0) is 4.74 Å². The van der Waals surface area contributed by atoms with E-state index in [0.29, 0.717) is 18.8 Å². The number of pyridine rings is 1. The second-order valence-corrected chi connectivity index (χ2v) is 3.99. The molecule has 0 saturated heterocycles. The van der Waals surface area contributed by atoms with Crippen LogP contribution in [0.15, 0.2) is 18.3 Å². The summed E-state index contributed by atoms with van der Waals surface area (Å²) >= 11 is 0. The van der Waals surface area contributed by atoms with Gasteiger partial charge in [-0.1, -0.05) is 0 Å². The van der Waals surface area contributed by atoms with Crippen molar-refractivity contribution in [1.82, 2.24) is 15.2 Å². The third-order valence-electron chi connectivity index (χ3n) is 2.51. The molecule has 0 aliphatic rings. The molecular weight excluding hydrogens is 232 g/mol. The number of hydrogen-bond donors (Lipinski definition) is 2. The third-order valence-corrected chi connectivity index (χ3v) is 2.51. The number of nitrogen functional groups attached to an aromatic ring is 1. The number of anilines is 1. The van der Waals surface area contributed by atoms with Crippen LogP contribution < -0.4 is 11.1 Å². The minimum atomic E-state index is -0.242. The molecule has 0 atom stereocenters. The number of rotatable bonds is 7. The fourth-order valence-electron chi connectivity index (χ4n) is 1.41. The maximum atomic E-state index is 11.8. The highest BCUT2D eigenvalue weighted by atomic mass is 16.5. The number of carbonyl (C=O) groups is 1. The first-order chi connectivity index (χ1) is 8.65. The highest BCUT2D eigenvalue weighted by Gasteiger charge is 2.09. The highest BCUT2D eigenvalue weighted by molar-refractivity contribution is 5.96. The Kier molecular flexibility index (Phi) is 6.10. The van der Waals surface area contributed by atoms with Crippen LogP contribution in [0.4, 0.5) is 5.69 Å². The van der Waals surface area contributed by atoms with E-state index in [4.69, 9.17) is 10.5 Å². The van der Waals surface area contributed by atoms with Gasteiger partial charge in [-0.15, -0.1) is 0 Å². The van der Waals surface area contributed by atoms with E-state index in [-0.39, 0.29) is 11.6 Å². The van der Waals surface area contributed by atoms with E-state index in [1.54, 1.807) is 25.4 Å². The molecule has 6 heteroatoms. The van der Waals surface area contributed by atoms with E-state index in [1.165, 1.54) is 0 Å². The minimum absolute atomic E-state index is 0.242. The van der Waals surface area contributed by atoms with Gasteiger partial charge in [-0.25, -0.2) is 4.98 Å². The van der Waals surface area contributed by atoms with Crippen molar-refractivity contribution in [2.24, 2.45) is 0 Å². The monoisotopic (exact) mass is 252 g/mol. The molecule has 1 amide bonds. The predicted molar refractivity (Wildman–Crippen MR) is 70.4 cm³/mol. The van der Waals surface area contributed by atoms with E-state index in [1.807, 2.05) is 7.05 Å². The van der Waals surface area contributed by atoms with Crippen molar-refractivity contribution >= 4 is 11.6 Å². The van der Waals surface area contributed by atoms with Crippen molar-refractivity contribution in [3.63, 3.8) is 0 Å². The molecule has 1 rings (SSSR count). The van der Waals surface area contributed by atoms with Crippen LogP contribution in [0.2, 0.25) is 0 Å². The van der Waals surface area contributed by atoms with Gasteiger partial charge in [0.25, 0.3) is 5.91 Å². The number of carbonyl (C=O) groups excluding carboxylic acids is 1. The largest absolute Gasteiger partial charge is 0.397 e. The van der Waals surface area contributed by atoms with Crippen molar-refractivity contribution in [2.45, 2.75) is 0 Å². The fraction of sp³-hybridized carbons (Fsp3) is 0.500. The van der Waals surface area contributed by atoms with Crippen LogP contribution >= 0.6 is 0 Å². The number of nitrogens with zero attached hydrogens (tertiary/aromatic N) is 2. The number of ether oxygens (including phenoxy) is 1. The van der Waals surface area contributed by atoms with Gasteiger partial charge < -0.3 is 20.7 Å². The van der Waals surface area contributed by atoms with Crippen molar-refractivity contribution in [1.29, 1.82) is 0 Å². The summed E-state index contributed by atoms with van der Waals surface area (Å²) in [5.41, 5.74) is 6.33. The van der Waals surface area contributed by atoms with Gasteiger partial charge in [-0.2, -0.15) is 0 Å². The summed E-state index contributed by atoms with van der Waals surface area (Å²) in [6, 6.07) is 3.36. The molecule has 0 radical (unpaired) electrons. The lowest BCUT2D eigenvalue weighted by Crippen LogP contribution is -2.34. The van der Waals surface area contributed by atoms with E-state index in [2.05, 4.69) is 15.2 Å². The number of aromatic nitrogens is 1. The minimum Gasteiger partial charge on any atom is -0.397 e. The van der Waals surface area contributed by atoms with E-state index < -0.39 is 0 Å². The van der Waals surface area contributed by atoms with Gasteiger partial charge in [0.05, 0.1) is 12.3 Å². The summed E-state index contributed by atoms with van der Waals surface area (Å²) in [6.45, 7) is 2.81. The van der Waals surface area contributed by atoms with Gasteiger partial charge in [0.1, 0.15) is 0 Å². The quantitative estimate of drug-likeness (QED) is 0.712. The van der Waals surface area contributed by atoms with Gasteiger partial charge in [0.2, 0.25) is 0 Å². The fourth-order valence-corrected chi connectivity index (χ4v) is 1.41. The van der Waals surface area contributed by atoms with Crippen molar-refractivity contribution in [3.05, 3.63) is 24.0 Å². The molecule has 0 unspecified atom stereocenters. The Balaban J connectivity index is 2.32. The molecule has 0 aromatic carbocycles. The van der Waals surface area contributed by atoms with Gasteiger partial charge in [-0.3, -0.25) is 4.79 Å². The highest BCUT2D eigenvalue weighted by Crippen LogP contribution is 2.05. The SMILES string of the molecule is COCCN(C)CCNC(=O)c1ncccc1N. The Bertz CT molecular complexity index is 384. The van der Waals surface area contributed by atoms with Crippen molar-refractivity contribution < 1.29 is 9.53 Å². The molecule has 100 valence electrons. The Morgan fingerprint density at radius 1 is 1.56 bits per heavy atom. The summed E-state index contributed by atoms with van der Waals surface area (Å²) in [6.07, 6.45) is 1.55. The van der Waals surface area contributed by atoms with Crippen molar-refractivity contribution in [3.8, 4) is 0 Å². The molecule has 0 bridgehead atoms. The molecule has 1 aromatic rings. The van der Waals surface area contributed by atoms with E-state index in [9.17, 15) is 4.79 Å². The lowest BCUT2D eigenvalue weighted by atomic mass is 10.3. The normalized spacial score (nSPS) is 10.6. The first-order valence-electron chi connectivity index (χ1n) is 5.81. The zero-order chi connectivity index (χ0) is 13.4. The molecule has 6 nitrogen and oxygen atoms in total. The molecule has 1 aromatic heterocycles. The first kappa shape index (κ1) is 14.4. The van der Waals surface area contributed by atoms with Crippen LogP contribution in [0.25, 0.3) is 0 Å². The number of nitrogens with two attached hydrogens (primary N) is 1. The maximum Gasteiger partial charge on any atom is 0.272 e. The lowest BCUT2D eigenvalue weighted by molar-refractivity contribution is 0.0943. The van der Waals surface area contributed by atoms with Gasteiger partial charge >= 0.3 is 0 Å². The second-order valence-electron chi connectivity index (χ2n) is 3.99. The summed E-state index contributed by atoms with van der Waals surface area (Å²) in [4.78, 5) is 17.8. The van der Waals surface area contributed by atoms with Gasteiger partial charge in [-0.05, 0) is 19.2 Å². The number of amides is 1. The van der Waals surface area contributed by atoms with Crippen LogP contribution in [0.3, 0.4) is 0 Å². The summed E-state index contributed by atoms with van der Waals surface area (Å²) in [5.74, 6) is -0.242. The van der Waals surface area contributed by atoms with Crippen molar-refractivity contribution in [2.75, 3.05) is 46.1 Å². The van der Waals surface area contributed by atoms with Crippen LogP contribution in [-0.4, -0.2) is 56.2 Å². The molecule has 0 saturated carbocycles. The van der Waals surface area contributed by atoms with Crippen LogP contribution in [0.5, 0.6) is 0 Å². The molecule has 0 fully saturated rings. The molecule has 0 spiro atoms. The topological polar surface area (TPSA) is 80.5 Å². The third kappa shape index (κ3) is 4.68. The Morgan fingerprint density at radius 3 is 3.00 bits per heavy atom. The predicted octanol–water partition coefficient (Wildman–Crippen LogP) is -0.0282. The lowest BCUT2D eigenvalue weighted by Gasteiger charge is -2.16. The average molecular weight is 252 g/mol. The Morgan fingerprint density at radius 2 is 2.33 bits per heavy atom. The smallest absolute Gasteiger partial charge is 0.272 e. The average Bonchev–Trinajstić information content (AvgIpc) is 2.36. The van der Waals surface area contributed by atoms with Crippen LogP contribution in [0.1, 0.15) is 10.5 Å². The zero-order valence-corrected chi connectivity index (χ0v) is 10.8. The summed E-state index contributed by atoms with van der Waals surface area (Å²) in [7, 11) is 3.64. The number of nitrogens with one attached hydrogen (secondary N) is 1. The second kappa shape index (κ2) is 7.62. The van der Waals surface area contributed by atoms with Gasteiger partial charge in [0, 0.05) is 32.9 Å². The summed E-state index contributed by atoms with van der Waals surface area (Å²) in [5, 5.41) is 2.78. The molecule has 18 heavy (non-hydrogen) atoms. The molecule has 1 heterocycles. The standard InChI is InChI=1S/C12H20N4O2/c1-16(8-9-18-2)7-6-15-12(17)11-10(13)4-3-5-14-11/h3-5H,6-9,13H2,1-2H3,(H,15,17). The molecule has 0 aliphatic carbocycles. The summed E-state index contributed by atoms with van der Waals surface area (Å²) < 4.78 is 4.97. The van der Waals surface area contributed by atoms with Crippen LogP contribution in [0, 0.1) is 0 Å². The molecule has 0 aliphatic heterocycles. The van der Waals surface area contributed by atoms with Gasteiger partial charge in [0.15, 0.2) is 5.69 Å². The Labute approximate surface area is 107 Å². The molecule has 3 N–H and O–H groups in total. The van der Waals surface area contributed by atoms with E-state index in [0.717, 1.165) is 13.1 Å². The Hall–Kier alpha value is -1.66. The number of methoxy groups -OCH3 is 1. The molecular formula is C12H20N4O2. The number of hydrogen-bond acceptors (Lipinski definition) is 5. The zero-order valence-electron chi connectivity index (χ0n) is 10.8. The first-order valence-corrected chi connectivity index (χ1v) is 5.81. The number of likely N-dealkylation sites (N-methyl/N-ethyl adjacent to an activating group) is 1. The maximum absolute atomic E-state index is 11.8. The van der Waals surface area contributed by atoms with E-state index >= 15 is 0 Å².